The number of aliphatic hydroxyl groups excluding tert-OH is 1. The number of aliphatic hydroxyl groups is 1. The normalized spacial score (nSPS) is 12.2. The molecule has 2 N–H and O–H groups in total. The molecule has 5 nitrogen and oxygen atoms in total. The van der Waals surface area contributed by atoms with Gasteiger partial charge in [-0.25, -0.2) is 9.97 Å². The van der Waals surface area contributed by atoms with Gasteiger partial charge in [0.05, 0.1) is 7.11 Å². The molecule has 0 saturated heterocycles. The van der Waals surface area contributed by atoms with E-state index in [0.717, 1.165) is 18.8 Å². The minimum Gasteiger partial charge on any atom is -0.481 e. The fourth-order valence-corrected chi connectivity index (χ4v) is 1.15. The maximum absolute atomic E-state index is 8.74. The van der Waals surface area contributed by atoms with Gasteiger partial charge in [-0.1, -0.05) is 6.92 Å². The van der Waals surface area contributed by atoms with E-state index in [1.165, 1.54) is 6.33 Å². The van der Waals surface area contributed by atoms with Gasteiger partial charge in [0.2, 0.25) is 5.88 Å². The molecule has 0 aromatic carbocycles. The maximum atomic E-state index is 8.74. The lowest BCUT2D eigenvalue weighted by Gasteiger charge is -2.11. The molecule has 0 saturated carbocycles. The van der Waals surface area contributed by atoms with Crippen molar-refractivity contribution >= 4 is 5.82 Å². The molecular weight excluding hydrogens is 194 g/mol. The number of methoxy groups -OCH3 is 1. The van der Waals surface area contributed by atoms with Crippen molar-refractivity contribution in [1.29, 1.82) is 0 Å². The van der Waals surface area contributed by atoms with Gasteiger partial charge in [0.25, 0.3) is 0 Å². The second kappa shape index (κ2) is 6.19. The molecule has 1 atom stereocenters. The van der Waals surface area contributed by atoms with Gasteiger partial charge in [0, 0.05) is 19.2 Å². The van der Waals surface area contributed by atoms with Crippen molar-refractivity contribution in [2.45, 2.75) is 13.3 Å². The number of hydrogen-bond acceptors (Lipinski definition) is 5. The lowest BCUT2D eigenvalue weighted by Crippen LogP contribution is -2.13. The van der Waals surface area contributed by atoms with Gasteiger partial charge in [0.15, 0.2) is 0 Å². The Balaban J connectivity index is 2.43. The lowest BCUT2D eigenvalue weighted by atomic mass is 10.1. The standard InChI is InChI=1S/C10H17N3O2/c1-8(3-4-14)6-11-9-5-10(15-2)13-7-12-9/h5,7-8,14H,3-4,6H2,1-2H3,(H,11,12,13). The second-order valence-electron chi connectivity index (χ2n) is 3.44. The van der Waals surface area contributed by atoms with Crippen LogP contribution in [0.15, 0.2) is 12.4 Å². The van der Waals surface area contributed by atoms with E-state index in [4.69, 9.17) is 9.84 Å². The van der Waals surface area contributed by atoms with E-state index in [9.17, 15) is 0 Å². The van der Waals surface area contributed by atoms with Crippen LogP contribution in [0.4, 0.5) is 5.82 Å². The number of nitrogens with zero attached hydrogens (tertiary/aromatic N) is 2. The SMILES string of the molecule is COc1cc(NCC(C)CCO)ncn1. The van der Waals surface area contributed by atoms with Crippen LogP contribution in [-0.2, 0) is 0 Å². The average Bonchev–Trinajstić information content (AvgIpc) is 2.27. The fraction of sp³-hybridized carbons (Fsp3) is 0.600. The second-order valence-corrected chi connectivity index (χ2v) is 3.44. The number of nitrogens with one attached hydrogen (secondary N) is 1. The smallest absolute Gasteiger partial charge is 0.218 e. The summed E-state index contributed by atoms with van der Waals surface area (Å²) >= 11 is 0. The molecular formula is C10H17N3O2. The summed E-state index contributed by atoms with van der Waals surface area (Å²) in [7, 11) is 1.57. The van der Waals surface area contributed by atoms with Crippen LogP contribution < -0.4 is 10.1 Å². The van der Waals surface area contributed by atoms with Gasteiger partial charge in [-0.05, 0) is 12.3 Å². The highest BCUT2D eigenvalue weighted by atomic mass is 16.5. The first-order valence-corrected chi connectivity index (χ1v) is 4.97. The Bertz CT molecular complexity index is 294. The van der Waals surface area contributed by atoms with Crippen LogP contribution in [0, 0.1) is 5.92 Å². The summed E-state index contributed by atoms with van der Waals surface area (Å²) in [6.45, 7) is 3.07. The summed E-state index contributed by atoms with van der Waals surface area (Å²) in [5, 5.41) is 11.9. The van der Waals surface area contributed by atoms with Crippen LogP contribution in [0.25, 0.3) is 0 Å². The van der Waals surface area contributed by atoms with Crippen molar-refractivity contribution in [3.8, 4) is 5.88 Å². The van der Waals surface area contributed by atoms with Crippen LogP contribution in [0.3, 0.4) is 0 Å². The Morgan fingerprint density at radius 1 is 1.53 bits per heavy atom. The molecule has 0 bridgehead atoms. The quantitative estimate of drug-likeness (QED) is 0.732. The topological polar surface area (TPSA) is 67.3 Å². The zero-order valence-corrected chi connectivity index (χ0v) is 9.10. The number of hydrogen-bond donors (Lipinski definition) is 2. The molecule has 1 unspecified atom stereocenters. The molecule has 0 radical (unpaired) electrons. The summed E-state index contributed by atoms with van der Waals surface area (Å²) in [5.74, 6) is 1.70. The lowest BCUT2D eigenvalue weighted by molar-refractivity contribution is 0.266. The Kier molecular flexibility index (Phi) is 4.83. The van der Waals surface area contributed by atoms with Crippen LogP contribution in [0.2, 0.25) is 0 Å². The highest BCUT2D eigenvalue weighted by Crippen LogP contribution is 2.11. The molecule has 1 aromatic heterocycles. The first kappa shape index (κ1) is 11.7. The molecule has 1 rings (SSSR count). The molecule has 84 valence electrons. The van der Waals surface area contributed by atoms with E-state index < -0.39 is 0 Å². The van der Waals surface area contributed by atoms with Crippen LogP contribution in [0.5, 0.6) is 5.88 Å². The molecule has 0 aliphatic heterocycles. The van der Waals surface area contributed by atoms with Crippen molar-refractivity contribution in [2.24, 2.45) is 5.92 Å². The molecule has 1 aromatic rings. The zero-order valence-electron chi connectivity index (χ0n) is 9.10. The summed E-state index contributed by atoms with van der Waals surface area (Å²) < 4.78 is 4.98. The molecule has 15 heavy (non-hydrogen) atoms. The van der Waals surface area contributed by atoms with Gasteiger partial charge in [-0.2, -0.15) is 0 Å². The van der Waals surface area contributed by atoms with E-state index in [0.29, 0.717) is 11.8 Å². The van der Waals surface area contributed by atoms with Crippen molar-refractivity contribution in [1.82, 2.24) is 9.97 Å². The highest BCUT2D eigenvalue weighted by Gasteiger charge is 2.02. The van der Waals surface area contributed by atoms with E-state index >= 15 is 0 Å². The fourth-order valence-electron chi connectivity index (χ4n) is 1.15. The zero-order chi connectivity index (χ0) is 11.1. The molecule has 0 amide bonds. The molecule has 0 aliphatic carbocycles. The molecule has 5 heteroatoms. The Labute approximate surface area is 89.5 Å². The predicted molar refractivity (Wildman–Crippen MR) is 57.9 cm³/mol. The van der Waals surface area contributed by atoms with E-state index in [1.807, 2.05) is 0 Å². The first-order chi connectivity index (χ1) is 7.26. The largest absolute Gasteiger partial charge is 0.481 e. The van der Waals surface area contributed by atoms with Gasteiger partial charge in [0.1, 0.15) is 12.1 Å². The summed E-state index contributed by atoms with van der Waals surface area (Å²) in [5.41, 5.74) is 0. The summed E-state index contributed by atoms with van der Waals surface area (Å²) in [4.78, 5) is 7.96. The van der Waals surface area contributed by atoms with Crippen molar-refractivity contribution in [3.05, 3.63) is 12.4 Å². The van der Waals surface area contributed by atoms with E-state index in [-0.39, 0.29) is 6.61 Å². The van der Waals surface area contributed by atoms with Crippen molar-refractivity contribution < 1.29 is 9.84 Å². The molecule has 0 aliphatic rings. The third-order valence-electron chi connectivity index (χ3n) is 2.10. The van der Waals surface area contributed by atoms with E-state index in [2.05, 4.69) is 22.2 Å². The highest BCUT2D eigenvalue weighted by molar-refractivity contribution is 5.36. The third-order valence-corrected chi connectivity index (χ3v) is 2.10. The number of ether oxygens (including phenoxy) is 1. The van der Waals surface area contributed by atoms with Gasteiger partial charge in [-0.15, -0.1) is 0 Å². The predicted octanol–water partition coefficient (Wildman–Crippen LogP) is 0.916. The van der Waals surface area contributed by atoms with Crippen molar-refractivity contribution in [3.63, 3.8) is 0 Å². The van der Waals surface area contributed by atoms with E-state index in [1.54, 1.807) is 13.2 Å². The van der Waals surface area contributed by atoms with Gasteiger partial charge >= 0.3 is 0 Å². The van der Waals surface area contributed by atoms with Crippen molar-refractivity contribution in [2.75, 3.05) is 25.6 Å². The molecule has 0 spiro atoms. The molecule has 1 heterocycles. The van der Waals surface area contributed by atoms with Crippen LogP contribution >= 0.6 is 0 Å². The Hall–Kier alpha value is -1.36. The maximum Gasteiger partial charge on any atom is 0.218 e. The first-order valence-electron chi connectivity index (χ1n) is 4.97. The molecule has 0 fully saturated rings. The van der Waals surface area contributed by atoms with Gasteiger partial charge < -0.3 is 15.2 Å². The van der Waals surface area contributed by atoms with Crippen LogP contribution in [0.1, 0.15) is 13.3 Å². The number of rotatable bonds is 6. The van der Waals surface area contributed by atoms with Gasteiger partial charge in [-0.3, -0.25) is 0 Å². The summed E-state index contributed by atoms with van der Waals surface area (Å²) in [6, 6.07) is 1.74. The van der Waals surface area contributed by atoms with Crippen LogP contribution in [-0.4, -0.2) is 35.3 Å². The number of anilines is 1. The Morgan fingerprint density at radius 2 is 2.33 bits per heavy atom. The minimum absolute atomic E-state index is 0.218. The summed E-state index contributed by atoms with van der Waals surface area (Å²) in [6.07, 6.45) is 2.24. The minimum atomic E-state index is 0.218. The third kappa shape index (κ3) is 4.12. The Morgan fingerprint density at radius 3 is 3.00 bits per heavy atom. The monoisotopic (exact) mass is 211 g/mol. The number of aromatic nitrogens is 2. The average molecular weight is 211 g/mol.